The van der Waals surface area contributed by atoms with E-state index in [1.165, 1.54) is 5.56 Å². The minimum absolute atomic E-state index is 0.686. The lowest BCUT2D eigenvalue weighted by atomic mass is 10.1. The van der Waals surface area contributed by atoms with Crippen molar-refractivity contribution in [3.05, 3.63) is 44.6 Å². The number of hydrogen-bond acceptors (Lipinski definition) is 3. The van der Waals surface area contributed by atoms with Gasteiger partial charge >= 0.3 is 0 Å². The Labute approximate surface area is 132 Å². The van der Waals surface area contributed by atoms with Crippen LogP contribution in [0.5, 0.6) is 0 Å². The lowest BCUT2D eigenvalue weighted by molar-refractivity contribution is 0.711. The van der Waals surface area contributed by atoms with Crippen LogP contribution in [-0.2, 0) is 6.54 Å². The van der Waals surface area contributed by atoms with E-state index in [1.807, 2.05) is 32.0 Å². The molecule has 0 unspecified atom stereocenters. The normalized spacial score (nSPS) is 10.8. The van der Waals surface area contributed by atoms with Crippen LogP contribution in [0.2, 0.25) is 5.02 Å². The first kappa shape index (κ1) is 15.4. The molecule has 2 aromatic rings. The first-order valence-electron chi connectivity index (χ1n) is 6.53. The topological polar surface area (TPSA) is 37.8 Å². The second kappa shape index (κ2) is 6.66. The molecule has 1 aromatic heterocycles. The number of aromatic nitrogens is 2. The molecule has 1 N–H and O–H groups in total. The van der Waals surface area contributed by atoms with Crippen molar-refractivity contribution in [2.24, 2.45) is 0 Å². The summed E-state index contributed by atoms with van der Waals surface area (Å²) in [5.74, 6) is 0.734. The molecule has 0 saturated carbocycles. The summed E-state index contributed by atoms with van der Waals surface area (Å²) in [6.07, 6.45) is 0. The summed E-state index contributed by atoms with van der Waals surface area (Å²) < 4.78 is 0.854. The zero-order chi connectivity index (χ0) is 14.7. The van der Waals surface area contributed by atoms with Crippen molar-refractivity contribution in [3.63, 3.8) is 0 Å². The monoisotopic (exact) mass is 353 g/mol. The smallest absolute Gasteiger partial charge is 0.159 e. The summed E-state index contributed by atoms with van der Waals surface area (Å²) in [5.41, 5.74) is 4.16. The average molecular weight is 355 g/mol. The van der Waals surface area contributed by atoms with Gasteiger partial charge in [-0.3, -0.25) is 0 Å². The Hall–Kier alpha value is -0.970. The molecule has 1 heterocycles. The SMILES string of the molecule is CCNCc1c(C)nc(-c2ccc(Cl)c(Br)c2)nc1C. The Bertz CT molecular complexity index is 606. The Morgan fingerprint density at radius 3 is 2.40 bits per heavy atom. The van der Waals surface area contributed by atoms with Crippen molar-refractivity contribution in [2.45, 2.75) is 27.3 Å². The number of halogens is 2. The molecule has 0 saturated heterocycles. The van der Waals surface area contributed by atoms with Gasteiger partial charge in [0.05, 0.1) is 5.02 Å². The molecule has 5 heteroatoms. The molecule has 0 bridgehead atoms. The van der Waals surface area contributed by atoms with Crippen LogP contribution in [0.3, 0.4) is 0 Å². The summed E-state index contributed by atoms with van der Waals surface area (Å²) in [6.45, 7) is 7.88. The van der Waals surface area contributed by atoms with Crippen LogP contribution in [0.1, 0.15) is 23.9 Å². The summed E-state index contributed by atoms with van der Waals surface area (Å²) >= 11 is 9.45. The van der Waals surface area contributed by atoms with Crippen molar-refractivity contribution in [3.8, 4) is 11.4 Å². The Morgan fingerprint density at radius 2 is 1.85 bits per heavy atom. The number of nitrogens with zero attached hydrogens (tertiary/aromatic N) is 2. The molecule has 1 aromatic carbocycles. The van der Waals surface area contributed by atoms with Crippen LogP contribution < -0.4 is 5.32 Å². The van der Waals surface area contributed by atoms with Gasteiger partial charge in [0.15, 0.2) is 5.82 Å². The molecule has 0 amide bonds. The van der Waals surface area contributed by atoms with Gasteiger partial charge in [0.2, 0.25) is 0 Å². The van der Waals surface area contributed by atoms with Crippen molar-refractivity contribution < 1.29 is 0 Å². The van der Waals surface area contributed by atoms with Crippen LogP contribution in [0, 0.1) is 13.8 Å². The Balaban J connectivity index is 2.41. The zero-order valence-electron chi connectivity index (χ0n) is 11.8. The highest BCUT2D eigenvalue weighted by Gasteiger charge is 2.10. The van der Waals surface area contributed by atoms with E-state index in [4.69, 9.17) is 11.6 Å². The van der Waals surface area contributed by atoms with Crippen LogP contribution in [0.4, 0.5) is 0 Å². The van der Waals surface area contributed by atoms with Gasteiger partial charge in [0.25, 0.3) is 0 Å². The summed E-state index contributed by atoms with van der Waals surface area (Å²) in [6, 6.07) is 5.73. The quantitative estimate of drug-likeness (QED) is 0.890. The van der Waals surface area contributed by atoms with Gasteiger partial charge in [0.1, 0.15) is 0 Å². The maximum atomic E-state index is 6.02. The zero-order valence-corrected chi connectivity index (χ0v) is 14.1. The van der Waals surface area contributed by atoms with Crippen molar-refractivity contribution in [1.82, 2.24) is 15.3 Å². The van der Waals surface area contributed by atoms with E-state index in [-0.39, 0.29) is 0 Å². The third-order valence-electron chi connectivity index (χ3n) is 3.15. The minimum Gasteiger partial charge on any atom is -0.313 e. The fourth-order valence-corrected chi connectivity index (χ4v) is 2.51. The number of benzene rings is 1. The molecule has 106 valence electrons. The molecule has 0 radical (unpaired) electrons. The van der Waals surface area contributed by atoms with E-state index in [2.05, 4.69) is 38.1 Å². The van der Waals surface area contributed by atoms with Crippen molar-refractivity contribution in [1.29, 1.82) is 0 Å². The molecule has 0 fully saturated rings. The highest BCUT2D eigenvalue weighted by atomic mass is 79.9. The second-order valence-electron chi connectivity index (χ2n) is 4.61. The molecule has 0 spiro atoms. The molecule has 0 atom stereocenters. The third kappa shape index (κ3) is 3.37. The van der Waals surface area contributed by atoms with E-state index in [0.29, 0.717) is 5.02 Å². The lowest BCUT2D eigenvalue weighted by Gasteiger charge is -2.11. The highest BCUT2D eigenvalue weighted by molar-refractivity contribution is 9.10. The molecule has 0 aliphatic heterocycles. The van der Waals surface area contributed by atoms with Crippen LogP contribution in [-0.4, -0.2) is 16.5 Å². The first-order chi connectivity index (χ1) is 9.52. The fourth-order valence-electron chi connectivity index (χ4n) is 2.01. The standard InChI is InChI=1S/C15H17BrClN3/c1-4-18-8-12-9(2)19-15(20-10(12)3)11-5-6-14(17)13(16)7-11/h5-7,18H,4,8H2,1-3H3. The minimum atomic E-state index is 0.686. The van der Waals surface area contributed by atoms with Gasteiger partial charge < -0.3 is 5.32 Å². The van der Waals surface area contributed by atoms with Gasteiger partial charge in [-0.15, -0.1) is 0 Å². The van der Waals surface area contributed by atoms with E-state index in [1.54, 1.807) is 0 Å². The molecule has 2 rings (SSSR count). The number of nitrogens with one attached hydrogen (secondary N) is 1. The number of aryl methyl sites for hydroxylation is 2. The fraction of sp³-hybridized carbons (Fsp3) is 0.333. The van der Waals surface area contributed by atoms with E-state index in [9.17, 15) is 0 Å². The summed E-state index contributed by atoms with van der Waals surface area (Å²) in [7, 11) is 0. The maximum Gasteiger partial charge on any atom is 0.159 e. The van der Waals surface area contributed by atoms with E-state index in [0.717, 1.165) is 40.3 Å². The van der Waals surface area contributed by atoms with Crippen molar-refractivity contribution >= 4 is 27.5 Å². The van der Waals surface area contributed by atoms with Crippen LogP contribution in [0.25, 0.3) is 11.4 Å². The predicted octanol–water partition coefficient (Wildman–Crippen LogP) is 4.29. The van der Waals surface area contributed by atoms with Crippen LogP contribution in [0.15, 0.2) is 22.7 Å². The Morgan fingerprint density at radius 1 is 1.20 bits per heavy atom. The number of rotatable bonds is 4. The maximum absolute atomic E-state index is 6.02. The highest BCUT2D eigenvalue weighted by Crippen LogP contribution is 2.28. The van der Waals surface area contributed by atoms with Gasteiger partial charge in [0, 0.05) is 33.5 Å². The van der Waals surface area contributed by atoms with Gasteiger partial charge in [-0.1, -0.05) is 18.5 Å². The van der Waals surface area contributed by atoms with E-state index < -0.39 is 0 Å². The lowest BCUT2D eigenvalue weighted by Crippen LogP contribution is -2.15. The number of hydrogen-bond donors (Lipinski definition) is 1. The molecule has 20 heavy (non-hydrogen) atoms. The average Bonchev–Trinajstić information content (AvgIpc) is 2.41. The van der Waals surface area contributed by atoms with Gasteiger partial charge in [-0.25, -0.2) is 9.97 Å². The van der Waals surface area contributed by atoms with Gasteiger partial charge in [-0.2, -0.15) is 0 Å². The third-order valence-corrected chi connectivity index (χ3v) is 4.36. The Kier molecular flexibility index (Phi) is 5.13. The predicted molar refractivity (Wildman–Crippen MR) is 87.0 cm³/mol. The van der Waals surface area contributed by atoms with Crippen LogP contribution >= 0.6 is 27.5 Å². The van der Waals surface area contributed by atoms with Gasteiger partial charge in [-0.05, 0) is 54.5 Å². The molecule has 0 aliphatic carbocycles. The van der Waals surface area contributed by atoms with Crippen molar-refractivity contribution in [2.75, 3.05) is 6.54 Å². The molecular weight excluding hydrogens is 338 g/mol. The summed E-state index contributed by atoms with van der Waals surface area (Å²) in [4.78, 5) is 9.23. The van der Waals surface area contributed by atoms with E-state index >= 15 is 0 Å². The molecular formula is C15H17BrClN3. The molecule has 3 nitrogen and oxygen atoms in total. The second-order valence-corrected chi connectivity index (χ2v) is 5.87. The molecule has 0 aliphatic rings. The first-order valence-corrected chi connectivity index (χ1v) is 7.70. The largest absolute Gasteiger partial charge is 0.313 e. The summed E-state index contributed by atoms with van der Waals surface area (Å²) in [5, 5.41) is 4.00.